The van der Waals surface area contributed by atoms with Crippen molar-refractivity contribution in [1.82, 2.24) is 14.0 Å². The van der Waals surface area contributed by atoms with Gasteiger partial charge in [0.05, 0.1) is 5.69 Å². The second kappa shape index (κ2) is 9.11. The van der Waals surface area contributed by atoms with Crippen LogP contribution in [0.25, 0.3) is 0 Å². The molecule has 1 heterocycles. The predicted octanol–water partition coefficient (Wildman–Crippen LogP) is 3.91. The van der Waals surface area contributed by atoms with Gasteiger partial charge in [-0.05, 0) is 81.5 Å². The Balaban J connectivity index is 1.82. The van der Waals surface area contributed by atoms with Crippen molar-refractivity contribution >= 4 is 45.5 Å². The molecule has 190 valence electrons. The van der Waals surface area contributed by atoms with E-state index in [0.717, 1.165) is 76.4 Å². The van der Waals surface area contributed by atoms with E-state index in [-0.39, 0.29) is 11.7 Å². The van der Waals surface area contributed by atoms with Crippen LogP contribution in [0.15, 0.2) is 10.7 Å². The molecule has 0 fully saturated rings. The Morgan fingerprint density at radius 3 is 2.11 bits per heavy atom. The van der Waals surface area contributed by atoms with Crippen LogP contribution < -0.4 is 9.62 Å². The van der Waals surface area contributed by atoms with E-state index in [2.05, 4.69) is 4.98 Å². The Bertz CT molecular complexity index is 1260. The van der Waals surface area contributed by atoms with Gasteiger partial charge in [0.1, 0.15) is 11.9 Å². The summed E-state index contributed by atoms with van der Waals surface area (Å²) in [5.74, 6) is -0.982. The standard InChI is InChI=1S/C23H29ClN4O6S/c1-23(2,3)34-22(30)28(21-25-17(12-33-21)20(29)26-35(31,32)27(4)5)19-15-10-6-8-13(15)18(24)14-9-7-11-16(14)19/h12H,6-11H2,1-5H3,(H,26,29). The molecule has 0 spiro atoms. The van der Waals surface area contributed by atoms with Crippen molar-refractivity contribution in [2.45, 2.75) is 64.9 Å². The zero-order chi connectivity index (χ0) is 25.7. The van der Waals surface area contributed by atoms with Crippen LogP contribution in [0, 0.1) is 0 Å². The fraction of sp³-hybridized carbons (Fsp3) is 0.522. The second-order valence-electron chi connectivity index (χ2n) is 9.83. The number of oxazole rings is 1. The SMILES string of the molecule is CN(C)S(=O)(=O)NC(=O)c1coc(N(C(=O)OC(C)(C)C)c2c3c(c(Cl)c4c2CCC4)CCC3)n1. The van der Waals surface area contributed by atoms with Crippen LogP contribution in [-0.2, 0) is 40.6 Å². The molecule has 2 aliphatic rings. The number of ether oxygens (including phenoxy) is 1. The summed E-state index contributed by atoms with van der Waals surface area (Å²) in [5, 5.41) is 0.763. The summed E-state index contributed by atoms with van der Waals surface area (Å²) in [5.41, 5.74) is 3.46. The maximum atomic E-state index is 13.5. The third-order valence-corrected chi connectivity index (χ3v) is 7.82. The van der Waals surface area contributed by atoms with E-state index in [1.165, 1.54) is 19.0 Å². The van der Waals surface area contributed by atoms with Crippen molar-refractivity contribution < 1.29 is 27.2 Å². The van der Waals surface area contributed by atoms with Gasteiger partial charge in [-0.1, -0.05) is 11.6 Å². The first-order valence-corrected chi connectivity index (χ1v) is 13.2. The molecular weight excluding hydrogens is 496 g/mol. The summed E-state index contributed by atoms with van der Waals surface area (Å²) < 4.78 is 38.2. The van der Waals surface area contributed by atoms with Gasteiger partial charge in [0.2, 0.25) is 0 Å². The Kier molecular flexibility index (Phi) is 6.62. The molecule has 0 aliphatic heterocycles. The van der Waals surface area contributed by atoms with Gasteiger partial charge in [0.15, 0.2) is 5.69 Å². The average molecular weight is 525 g/mol. The van der Waals surface area contributed by atoms with Crippen LogP contribution in [0.1, 0.15) is 66.4 Å². The lowest BCUT2D eigenvalue weighted by Crippen LogP contribution is -2.39. The highest BCUT2D eigenvalue weighted by Crippen LogP contribution is 2.47. The lowest BCUT2D eigenvalue weighted by atomic mass is 9.97. The molecule has 35 heavy (non-hydrogen) atoms. The van der Waals surface area contributed by atoms with Gasteiger partial charge in [-0.3, -0.25) is 4.79 Å². The van der Waals surface area contributed by atoms with Crippen LogP contribution in [0.2, 0.25) is 5.02 Å². The number of fused-ring (bicyclic) bond motifs is 2. The third kappa shape index (κ3) is 4.89. The Hall–Kier alpha value is -2.63. The Labute approximate surface area is 209 Å². The lowest BCUT2D eigenvalue weighted by molar-refractivity contribution is 0.0592. The van der Waals surface area contributed by atoms with Crippen molar-refractivity contribution in [3.63, 3.8) is 0 Å². The number of hydrogen-bond acceptors (Lipinski definition) is 7. The molecule has 10 nitrogen and oxygen atoms in total. The maximum Gasteiger partial charge on any atom is 0.423 e. The van der Waals surface area contributed by atoms with Gasteiger partial charge in [-0.25, -0.2) is 9.52 Å². The lowest BCUT2D eigenvalue weighted by Gasteiger charge is -2.28. The molecule has 1 aromatic carbocycles. The zero-order valence-corrected chi connectivity index (χ0v) is 22.0. The van der Waals surface area contributed by atoms with Crippen LogP contribution >= 0.6 is 11.6 Å². The topological polar surface area (TPSA) is 122 Å². The van der Waals surface area contributed by atoms with Crippen LogP contribution in [-0.4, -0.2) is 49.4 Å². The third-order valence-electron chi connectivity index (χ3n) is 5.96. The van der Waals surface area contributed by atoms with Gasteiger partial charge >= 0.3 is 22.3 Å². The highest BCUT2D eigenvalue weighted by atomic mass is 35.5. The molecule has 1 aromatic heterocycles. The minimum atomic E-state index is -4.04. The predicted molar refractivity (Wildman–Crippen MR) is 130 cm³/mol. The highest BCUT2D eigenvalue weighted by Gasteiger charge is 2.37. The highest BCUT2D eigenvalue weighted by molar-refractivity contribution is 7.87. The second-order valence-corrected chi connectivity index (χ2v) is 12.1. The minimum absolute atomic E-state index is 0.183. The number of anilines is 2. The first kappa shape index (κ1) is 25.5. The first-order valence-electron chi connectivity index (χ1n) is 11.4. The van der Waals surface area contributed by atoms with E-state index in [0.29, 0.717) is 5.69 Å². The summed E-state index contributed by atoms with van der Waals surface area (Å²) in [6.45, 7) is 5.25. The van der Waals surface area contributed by atoms with Crippen molar-refractivity contribution in [1.29, 1.82) is 0 Å². The first-order chi connectivity index (χ1) is 16.3. The average Bonchev–Trinajstić information content (AvgIpc) is 3.49. The summed E-state index contributed by atoms with van der Waals surface area (Å²) >= 11 is 6.75. The monoisotopic (exact) mass is 524 g/mol. The zero-order valence-electron chi connectivity index (χ0n) is 20.4. The number of carbonyl (C=O) groups excluding carboxylic acids is 2. The van der Waals surface area contributed by atoms with E-state index in [1.54, 1.807) is 20.8 Å². The van der Waals surface area contributed by atoms with E-state index < -0.39 is 27.8 Å². The van der Waals surface area contributed by atoms with Gasteiger partial charge in [0.25, 0.3) is 5.91 Å². The number of amides is 2. The normalized spacial score (nSPS) is 15.2. The van der Waals surface area contributed by atoms with Crippen molar-refractivity contribution in [3.05, 3.63) is 39.2 Å². The molecule has 0 bridgehead atoms. The molecule has 0 atom stereocenters. The van der Waals surface area contributed by atoms with Crippen molar-refractivity contribution in [2.24, 2.45) is 0 Å². The smallest absolute Gasteiger partial charge is 0.423 e. The largest absolute Gasteiger partial charge is 0.443 e. The molecular formula is C23H29ClN4O6S. The fourth-order valence-electron chi connectivity index (χ4n) is 4.43. The Morgan fingerprint density at radius 1 is 1.06 bits per heavy atom. The molecule has 1 N–H and O–H groups in total. The molecule has 4 rings (SSSR count). The van der Waals surface area contributed by atoms with E-state index in [9.17, 15) is 18.0 Å². The molecule has 2 amide bonds. The van der Waals surface area contributed by atoms with Crippen molar-refractivity contribution in [2.75, 3.05) is 19.0 Å². The molecule has 0 saturated heterocycles. The number of benzene rings is 1. The number of rotatable bonds is 5. The summed E-state index contributed by atoms with van der Waals surface area (Å²) in [4.78, 5) is 31.5. The van der Waals surface area contributed by atoms with Crippen LogP contribution in [0.3, 0.4) is 0 Å². The Morgan fingerprint density at radius 2 is 1.60 bits per heavy atom. The fourth-order valence-corrected chi connectivity index (χ4v) is 5.37. The minimum Gasteiger partial charge on any atom is -0.443 e. The quantitative estimate of drug-likeness (QED) is 0.629. The van der Waals surface area contributed by atoms with Gasteiger partial charge in [0, 0.05) is 19.1 Å². The van der Waals surface area contributed by atoms with Gasteiger partial charge in [-0.15, -0.1) is 0 Å². The summed E-state index contributed by atoms with van der Waals surface area (Å²) in [6, 6.07) is -0.183. The molecule has 0 saturated carbocycles. The van der Waals surface area contributed by atoms with E-state index in [1.807, 2.05) is 4.72 Å². The maximum absolute atomic E-state index is 13.5. The number of nitrogens with one attached hydrogen (secondary N) is 1. The van der Waals surface area contributed by atoms with Crippen LogP contribution in [0.5, 0.6) is 0 Å². The summed E-state index contributed by atoms with van der Waals surface area (Å²) in [7, 11) is -1.46. The molecule has 12 heteroatoms. The molecule has 2 aliphatic carbocycles. The molecule has 0 radical (unpaired) electrons. The number of hydrogen-bond donors (Lipinski definition) is 1. The summed E-state index contributed by atoms with van der Waals surface area (Å²) in [6.07, 6.45) is 5.17. The van der Waals surface area contributed by atoms with Crippen LogP contribution in [0.4, 0.5) is 16.5 Å². The van der Waals surface area contributed by atoms with Gasteiger partial charge < -0.3 is 9.15 Å². The number of aromatic nitrogens is 1. The number of carbonyl (C=O) groups is 2. The van der Waals surface area contributed by atoms with E-state index >= 15 is 0 Å². The van der Waals surface area contributed by atoms with Gasteiger partial charge in [-0.2, -0.15) is 22.6 Å². The number of nitrogens with zero attached hydrogens (tertiary/aromatic N) is 3. The number of halogens is 1. The van der Waals surface area contributed by atoms with E-state index in [4.69, 9.17) is 20.8 Å². The molecule has 0 unspecified atom stereocenters. The van der Waals surface area contributed by atoms with Crippen molar-refractivity contribution in [3.8, 4) is 0 Å². The molecule has 2 aromatic rings.